The van der Waals surface area contributed by atoms with E-state index in [1.54, 1.807) is 0 Å². The Morgan fingerprint density at radius 3 is 2.80 bits per heavy atom. The number of nitrogens with one attached hydrogen (secondary N) is 1. The molecule has 0 aliphatic heterocycles. The summed E-state index contributed by atoms with van der Waals surface area (Å²) in [7, 11) is -4.67. The van der Waals surface area contributed by atoms with Crippen LogP contribution in [-0.4, -0.2) is 29.1 Å². The molecule has 9 nitrogen and oxygen atoms in total. The summed E-state index contributed by atoms with van der Waals surface area (Å²) in [5, 5.41) is 0. The molecule has 80 valence electrons. The van der Waals surface area contributed by atoms with Crippen molar-refractivity contribution < 1.29 is 14.4 Å². The fourth-order valence-electron chi connectivity index (χ4n) is 1.19. The summed E-state index contributed by atoms with van der Waals surface area (Å²) < 4.78 is 11.5. The molecule has 0 bridgehead atoms. The molecule has 0 radical (unpaired) electrons. The SMILES string of the molecule is Nc1nc(=O)c2nc[nH]c2n1P(=O)(O)O. The number of hydrogen-bond donors (Lipinski definition) is 4. The van der Waals surface area contributed by atoms with Crippen LogP contribution in [-0.2, 0) is 4.57 Å². The molecule has 0 fully saturated rings. The number of anilines is 1. The van der Waals surface area contributed by atoms with Crippen LogP contribution in [0.3, 0.4) is 0 Å². The predicted molar refractivity (Wildman–Crippen MR) is 50.0 cm³/mol. The Labute approximate surface area is 81.8 Å². The van der Waals surface area contributed by atoms with E-state index in [4.69, 9.17) is 15.5 Å². The van der Waals surface area contributed by atoms with Gasteiger partial charge >= 0.3 is 13.3 Å². The lowest BCUT2D eigenvalue weighted by atomic mass is 10.5. The maximum absolute atomic E-state index is 11.2. The topological polar surface area (TPSA) is 147 Å². The molecule has 2 rings (SSSR count). The van der Waals surface area contributed by atoms with Crippen molar-refractivity contribution in [1.82, 2.24) is 19.3 Å². The van der Waals surface area contributed by atoms with Crippen molar-refractivity contribution in [2.75, 3.05) is 5.73 Å². The molecule has 2 heterocycles. The first-order chi connectivity index (χ1) is 6.91. The average molecular weight is 231 g/mol. The van der Waals surface area contributed by atoms with Crippen molar-refractivity contribution in [2.24, 2.45) is 0 Å². The van der Waals surface area contributed by atoms with Gasteiger partial charge in [0.05, 0.1) is 6.33 Å². The molecule has 15 heavy (non-hydrogen) atoms. The highest BCUT2D eigenvalue weighted by atomic mass is 31.2. The summed E-state index contributed by atoms with van der Waals surface area (Å²) in [4.78, 5) is 38.4. The molecule has 2 aromatic rings. The fraction of sp³-hybridized carbons (Fsp3) is 0. The zero-order valence-corrected chi connectivity index (χ0v) is 8.05. The first-order valence-corrected chi connectivity index (χ1v) is 5.26. The largest absolute Gasteiger partial charge is 0.438 e. The van der Waals surface area contributed by atoms with Crippen LogP contribution >= 0.6 is 7.75 Å². The molecule has 5 N–H and O–H groups in total. The van der Waals surface area contributed by atoms with E-state index in [0.29, 0.717) is 4.34 Å². The van der Waals surface area contributed by atoms with Gasteiger partial charge in [0.25, 0.3) is 0 Å². The monoisotopic (exact) mass is 231 g/mol. The molecule has 0 unspecified atom stereocenters. The summed E-state index contributed by atoms with van der Waals surface area (Å²) in [6.07, 6.45) is 1.12. The lowest BCUT2D eigenvalue weighted by molar-refractivity contribution is 0.363. The maximum atomic E-state index is 11.2. The van der Waals surface area contributed by atoms with Crippen LogP contribution in [0.2, 0.25) is 0 Å². The lowest BCUT2D eigenvalue weighted by Gasteiger charge is -2.10. The number of rotatable bonds is 1. The second-order valence-corrected chi connectivity index (χ2v) is 4.13. The number of nitrogens with zero attached hydrogens (tertiary/aromatic N) is 3. The lowest BCUT2D eigenvalue weighted by Crippen LogP contribution is -2.17. The fourth-order valence-corrected chi connectivity index (χ4v) is 1.91. The quantitative estimate of drug-likeness (QED) is 0.443. The van der Waals surface area contributed by atoms with E-state index < -0.39 is 19.3 Å². The Bertz CT molecular complexity index is 624. The minimum absolute atomic E-state index is 0.152. The molecule has 0 aliphatic carbocycles. The van der Waals surface area contributed by atoms with Gasteiger partial charge in [0, 0.05) is 0 Å². The van der Waals surface area contributed by atoms with Crippen LogP contribution in [0.25, 0.3) is 11.2 Å². The van der Waals surface area contributed by atoms with Gasteiger partial charge in [-0.05, 0) is 0 Å². The summed E-state index contributed by atoms with van der Waals surface area (Å²) in [5.41, 5.74) is 4.18. The van der Waals surface area contributed by atoms with Crippen LogP contribution in [0, 0.1) is 0 Å². The van der Waals surface area contributed by atoms with E-state index in [9.17, 15) is 9.36 Å². The van der Waals surface area contributed by atoms with Crippen molar-refractivity contribution in [3.8, 4) is 0 Å². The molecule has 0 atom stereocenters. The van der Waals surface area contributed by atoms with Crippen molar-refractivity contribution in [3.63, 3.8) is 0 Å². The van der Waals surface area contributed by atoms with Gasteiger partial charge in [-0.3, -0.25) is 4.79 Å². The number of nitrogen functional groups attached to an aromatic ring is 1. The smallest absolute Gasteiger partial charge is 0.369 e. The number of aromatic amines is 1. The van der Waals surface area contributed by atoms with E-state index in [0.717, 1.165) is 6.33 Å². The molecular formula is C5H6N5O4P. The van der Waals surface area contributed by atoms with Gasteiger partial charge in [-0.15, -0.1) is 0 Å². The molecule has 10 heteroatoms. The van der Waals surface area contributed by atoms with Gasteiger partial charge in [0.15, 0.2) is 11.2 Å². The number of nitrogens with two attached hydrogens (primary N) is 1. The Kier molecular flexibility index (Phi) is 1.90. The van der Waals surface area contributed by atoms with Crippen LogP contribution in [0.5, 0.6) is 0 Å². The number of fused-ring (bicyclic) bond motifs is 1. The summed E-state index contributed by atoms with van der Waals surface area (Å²) >= 11 is 0. The van der Waals surface area contributed by atoms with Crippen molar-refractivity contribution >= 4 is 24.9 Å². The predicted octanol–water partition coefficient (Wildman–Crippen LogP) is -1.36. The molecule has 0 aromatic carbocycles. The molecular weight excluding hydrogens is 225 g/mol. The molecule has 0 amide bonds. The minimum atomic E-state index is -4.67. The number of hydrogen-bond acceptors (Lipinski definition) is 5. The van der Waals surface area contributed by atoms with E-state index in [2.05, 4.69) is 15.0 Å². The molecule has 0 saturated heterocycles. The maximum Gasteiger partial charge on any atom is 0.438 e. The average Bonchev–Trinajstić information content (AvgIpc) is 2.49. The second kappa shape index (κ2) is 2.89. The Morgan fingerprint density at radius 1 is 1.53 bits per heavy atom. The first kappa shape index (κ1) is 9.84. The van der Waals surface area contributed by atoms with Gasteiger partial charge in [-0.2, -0.15) is 9.32 Å². The third-order valence-corrected chi connectivity index (χ3v) is 2.65. The van der Waals surface area contributed by atoms with Gasteiger partial charge in [0.1, 0.15) is 0 Å². The molecule has 2 aromatic heterocycles. The van der Waals surface area contributed by atoms with Crippen molar-refractivity contribution in [1.29, 1.82) is 0 Å². The third-order valence-electron chi connectivity index (χ3n) is 1.73. The third kappa shape index (κ3) is 1.42. The normalized spacial score (nSPS) is 12.1. The van der Waals surface area contributed by atoms with Crippen LogP contribution in [0.1, 0.15) is 0 Å². The number of imidazole rings is 1. The summed E-state index contributed by atoms with van der Waals surface area (Å²) in [6.45, 7) is 0. The second-order valence-electron chi connectivity index (χ2n) is 2.70. The molecule has 0 aliphatic rings. The summed E-state index contributed by atoms with van der Waals surface area (Å²) in [6, 6.07) is 0. The zero-order chi connectivity index (χ0) is 11.2. The van der Waals surface area contributed by atoms with Crippen molar-refractivity contribution in [3.05, 3.63) is 16.7 Å². The standard InChI is InChI=1S/C5H6N5O4P/c6-5-9-4(11)2-3(8-1-7-2)10(5)15(12,13)14/h1H,(H,7,8)(H2,6,9,11)(H2,12,13,14). The van der Waals surface area contributed by atoms with E-state index in [-0.39, 0.29) is 11.2 Å². The van der Waals surface area contributed by atoms with E-state index >= 15 is 0 Å². The van der Waals surface area contributed by atoms with E-state index in [1.165, 1.54) is 0 Å². The highest BCUT2D eigenvalue weighted by Gasteiger charge is 2.24. The number of aromatic nitrogens is 4. The first-order valence-electron chi connectivity index (χ1n) is 3.69. The van der Waals surface area contributed by atoms with Crippen LogP contribution < -0.4 is 11.3 Å². The van der Waals surface area contributed by atoms with Gasteiger partial charge in [-0.25, -0.2) is 9.55 Å². The highest BCUT2D eigenvalue weighted by molar-refractivity contribution is 7.50. The Morgan fingerprint density at radius 2 is 2.20 bits per heavy atom. The molecule has 0 spiro atoms. The number of H-pyrrole nitrogens is 1. The minimum Gasteiger partial charge on any atom is -0.369 e. The molecule has 0 saturated carbocycles. The summed E-state index contributed by atoms with van der Waals surface area (Å²) in [5.74, 6) is -0.565. The Hall–Kier alpha value is -1.70. The highest BCUT2D eigenvalue weighted by Crippen LogP contribution is 2.40. The van der Waals surface area contributed by atoms with Crippen molar-refractivity contribution in [2.45, 2.75) is 0 Å². The van der Waals surface area contributed by atoms with Gasteiger partial charge < -0.3 is 20.5 Å². The Balaban J connectivity index is 3.02. The van der Waals surface area contributed by atoms with Crippen LogP contribution in [0.4, 0.5) is 5.95 Å². The van der Waals surface area contributed by atoms with Crippen LogP contribution in [0.15, 0.2) is 11.1 Å². The van der Waals surface area contributed by atoms with Gasteiger partial charge in [0.2, 0.25) is 5.95 Å². The van der Waals surface area contributed by atoms with E-state index in [1.807, 2.05) is 0 Å². The zero-order valence-electron chi connectivity index (χ0n) is 7.15. The van der Waals surface area contributed by atoms with Gasteiger partial charge in [-0.1, -0.05) is 0 Å².